The van der Waals surface area contributed by atoms with Crippen LogP contribution >= 0.6 is 0 Å². The lowest BCUT2D eigenvalue weighted by atomic mass is 9.78. The Hall–Kier alpha value is -0.520. The summed E-state index contributed by atoms with van der Waals surface area (Å²) < 4.78 is 0. The molecule has 60 valence electrons. The van der Waals surface area contributed by atoms with Gasteiger partial charge in [0.2, 0.25) is 0 Å². The van der Waals surface area contributed by atoms with Crippen LogP contribution in [0.15, 0.2) is 23.8 Å². The van der Waals surface area contributed by atoms with Crippen LogP contribution in [-0.4, -0.2) is 0 Å². The SMILES string of the molecule is C=C(C=C1CCC1)C1CCC1. The summed E-state index contributed by atoms with van der Waals surface area (Å²) in [5, 5.41) is 0. The van der Waals surface area contributed by atoms with Crippen molar-refractivity contribution in [1.82, 2.24) is 0 Å². The summed E-state index contributed by atoms with van der Waals surface area (Å²) in [6, 6.07) is 0. The molecule has 2 rings (SSSR count). The number of hydrogen-bond donors (Lipinski definition) is 0. The molecular weight excluding hydrogens is 132 g/mol. The molecule has 0 aromatic heterocycles. The molecule has 11 heavy (non-hydrogen) atoms. The maximum atomic E-state index is 4.12. The molecule has 0 heterocycles. The molecule has 2 saturated carbocycles. The molecule has 0 amide bonds. The van der Waals surface area contributed by atoms with E-state index in [2.05, 4.69) is 12.7 Å². The van der Waals surface area contributed by atoms with E-state index in [-0.39, 0.29) is 0 Å². The summed E-state index contributed by atoms with van der Waals surface area (Å²) in [5.41, 5.74) is 3.05. The molecule has 0 aliphatic heterocycles. The van der Waals surface area contributed by atoms with E-state index in [9.17, 15) is 0 Å². The van der Waals surface area contributed by atoms with Crippen LogP contribution in [0.5, 0.6) is 0 Å². The van der Waals surface area contributed by atoms with Crippen LogP contribution in [0, 0.1) is 5.92 Å². The van der Waals surface area contributed by atoms with E-state index in [4.69, 9.17) is 0 Å². The highest BCUT2D eigenvalue weighted by Crippen LogP contribution is 2.35. The largest absolute Gasteiger partial charge is 0.0956 e. The van der Waals surface area contributed by atoms with Gasteiger partial charge in [-0.1, -0.05) is 30.2 Å². The van der Waals surface area contributed by atoms with Crippen LogP contribution in [0.25, 0.3) is 0 Å². The number of allylic oxidation sites excluding steroid dienone is 3. The average molecular weight is 148 g/mol. The predicted octanol–water partition coefficient (Wildman–Crippen LogP) is 3.45. The first-order valence-electron chi connectivity index (χ1n) is 4.74. The quantitative estimate of drug-likeness (QED) is 0.562. The van der Waals surface area contributed by atoms with Gasteiger partial charge in [0.1, 0.15) is 0 Å². The maximum absolute atomic E-state index is 4.12. The lowest BCUT2D eigenvalue weighted by molar-refractivity contribution is 0.374. The van der Waals surface area contributed by atoms with Crippen LogP contribution in [0.3, 0.4) is 0 Å². The fourth-order valence-electron chi connectivity index (χ4n) is 1.68. The van der Waals surface area contributed by atoms with Crippen molar-refractivity contribution >= 4 is 0 Å². The minimum atomic E-state index is 0.850. The van der Waals surface area contributed by atoms with Crippen molar-refractivity contribution in [2.45, 2.75) is 38.5 Å². The Labute approximate surface area is 69.0 Å². The zero-order valence-corrected chi connectivity index (χ0v) is 7.10. The van der Waals surface area contributed by atoms with Crippen LogP contribution in [0.2, 0.25) is 0 Å². The number of hydrogen-bond acceptors (Lipinski definition) is 0. The van der Waals surface area contributed by atoms with Crippen molar-refractivity contribution in [3.8, 4) is 0 Å². The van der Waals surface area contributed by atoms with Crippen molar-refractivity contribution in [2.75, 3.05) is 0 Å². The van der Waals surface area contributed by atoms with Crippen molar-refractivity contribution < 1.29 is 0 Å². The minimum Gasteiger partial charge on any atom is -0.0956 e. The molecule has 0 aromatic carbocycles. The highest BCUT2D eigenvalue weighted by molar-refractivity contribution is 5.26. The van der Waals surface area contributed by atoms with Gasteiger partial charge in [0.05, 0.1) is 0 Å². The van der Waals surface area contributed by atoms with Crippen LogP contribution in [-0.2, 0) is 0 Å². The van der Waals surface area contributed by atoms with Gasteiger partial charge in [-0.25, -0.2) is 0 Å². The van der Waals surface area contributed by atoms with Crippen LogP contribution in [0.1, 0.15) is 38.5 Å². The second-order valence-corrected chi connectivity index (χ2v) is 3.86. The second kappa shape index (κ2) is 2.84. The second-order valence-electron chi connectivity index (χ2n) is 3.86. The smallest absolute Gasteiger partial charge is 0.0168 e. The molecule has 0 saturated heterocycles. The van der Waals surface area contributed by atoms with E-state index in [1.807, 2.05) is 0 Å². The highest BCUT2D eigenvalue weighted by atomic mass is 14.2. The van der Waals surface area contributed by atoms with E-state index in [0.717, 1.165) is 5.92 Å². The van der Waals surface area contributed by atoms with Gasteiger partial charge in [-0.15, -0.1) is 0 Å². The fraction of sp³-hybridized carbons (Fsp3) is 0.636. The van der Waals surface area contributed by atoms with E-state index in [1.165, 1.54) is 44.1 Å². The molecule has 0 bridgehead atoms. The third-order valence-electron chi connectivity index (χ3n) is 3.01. The Morgan fingerprint density at radius 2 is 2.00 bits per heavy atom. The molecule has 0 spiro atoms. The molecule has 0 aromatic rings. The predicted molar refractivity (Wildman–Crippen MR) is 48.4 cm³/mol. The molecule has 2 aliphatic rings. The molecule has 0 nitrogen and oxygen atoms in total. The molecule has 2 aliphatic carbocycles. The van der Waals surface area contributed by atoms with Gasteiger partial charge in [-0.3, -0.25) is 0 Å². The van der Waals surface area contributed by atoms with Crippen molar-refractivity contribution in [3.05, 3.63) is 23.8 Å². The van der Waals surface area contributed by atoms with E-state index < -0.39 is 0 Å². The Morgan fingerprint density at radius 1 is 1.27 bits per heavy atom. The minimum absolute atomic E-state index is 0.850. The highest BCUT2D eigenvalue weighted by Gasteiger charge is 2.20. The molecular formula is C11H16. The zero-order valence-electron chi connectivity index (χ0n) is 7.10. The van der Waals surface area contributed by atoms with Crippen molar-refractivity contribution in [3.63, 3.8) is 0 Å². The van der Waals surface area contributed by atoms with Crippen LogP contribution in [0.4, 0.5) is 0 Å². The van der Waals surface area contributed by atoms with Gasteiger partial charge in [-0.05, 0) is 38.0 Å². The van der Waals surface area contributed by atoms with Gasteiger partial charge in [0.15, 0.2) is 0 Å². The first kappa shape index (κ1) is 7.15. The van der Waals surface area contributed by atoms with Crippen molar-refractivity contribution in [2.24, 2.45) is 5.92 Å². The molecule has 0 N–H and O–H groups in total. The Balaban J connectivity index is 1.88. The van der Waals surface area contributed by atoms with Gasteiger partial charge in [-0.2, -0.15) is 0 Å². The van der Waals surface area contributed by atoms with E-state index >= 15 is 0 Å². The van der Waals surface area contributed by atoms with Crippen LogP contribution < -0.4 is 0 Å². The summed E-state index contributed by atoms with van der Waals surface area (Å²) in [7, 11) is 0. The summed E-state index contributed by atoms with van der Waals surface area (Å²) in [6.45, 7) is 4.12. The molecule has 2 fully saturated rings. The topological polar surface area (TPSA) is 0 Å². The lowest BCUT2D eigenvalue weighted by Crippen LogP contribution is -2.12. The standard InChI is InChI=1S/C11H16/c1-9(11-6-3-7-11)8-10-4-2-5-10/h8,11H,1-7H2. The first-order chi connectivity index (χ1) is 5.36. The molecule has 0 atom stereocenters. The summed E-state index contributed by atoms with van der Waals surface area (Å²) in [6.07, 6.45) is 10.6. The van der Waals surface area contributed by atoms with Gasteiger partial charge < -0.3 is 0 Å². The summed E-state index contributed by atoms with van der Waals surface area (Å²) >= 11 is 0. The van der Waals surface area contributed by atoms with E-state index in [0.29, 0.717) is 0 Å². The zero-order chi connectivity index (χ0) is 7.68. The third-order valence-corrected chi connectivity index (χ3v) is 3.01. The average Bonchev–Trinajstić information content (AvgIpc) is 1.74. The van der Waals surface area contributed by atoms with Crippen molar-refractivity contribution in [1.29, 1.82) is 0 Å². The fourth-order valence-corrected chi connectivity index (χ4v) is 1.68. The Kier molecular flexibility index (Phi) is 1.85. The summed E-state index contributed by atoms with van der Waals surface area (Å²) in [5.74, 6) is 0.850. The van der Waals surface area contributed by atoms with E-state index in [1.54, 1.807) is 5.57 Å². The lowest BCUT2D eigenvalue weighted by Gasteiger charge is -2.27. The summed E-state index contributed by atoms with van der Waals surface area (Å²) in [4.78, 5) is 0. The maximum Gasteiger partial charge on any atom is -0.0168 e. The van der Waals surface area contributed by atoms with Gasteiger partial charge >= 0.3 is 0 Å². The normalized spacial score (nSPS) is 23.8. The number of rotatable bonds is 2. The third kappa shape index (κ3) is 1.40. The monoisotopic (exact) mass is 148 g/mol. The Bertz CT molecular complexity index is 188. The molecule has 0 heteroatoms. The van der Waals surface area contributed by atoms with Gasteiger partial charge in [0.25, 0.3) is 0 Å². The molecule has 0 radical (unpaired) electrons. The molecule has 0 unspecified atom stereocenters. The first-order valence-corrected chi connectivity index (χ1v) is 4.74. The Morgan fingerprint density at radius 3 is 2.36 bits per heavy atom. The van der Waals surface area contributed by atoms with Gasteiger partial charge in [0, 0.05) is 0 Å².